The molecule has 0 aliphatic carbocycles. The van der Waals surface area contributed by atoms with Gasteiger partial charge in [0.15, 0.2) is 0 Å². The lowest BCUT2D eigenvalue weighted by Gasteiger charge is -2.22. The summed E-state index contributed by atoms with van der Waals surface area (Å²) in [5.74, 6) is -0.423. The van der Waals surface area contributed by atoms with Crippen molar-refractivity contribution in [1.82, 2.24) is 14.9 Å². The summed E-state index contributed by atoms with van der Waals surface area (Å²) in [5, 5.41) is 0. The number of esters is 1. The number of carbonyl (C=O) groups is 1. The molecule has 1 atom stereocenters. The van der Waals surface area contributed by atoms with Crippen LogP contribution < -0.4 is 5.73 Å². The number of carbonyl (C=O) groups excluding carboxylic acids is 1. The Labute approximate surface area is 347 Å². The minimum atomic E-state index is -0.708. The molecule has 1 unspecified atom stereocenters. The molecule has 1 heterocycles. The number of imidazole rings is 1. The van der Waals surface area contributed by atoms with Gasteiger partial charge in [0.1, 0.15) is 12.6 Å². The van der Waals surface area contributed by atoms with Gasteiger partial charge in [0.05, 0.1) is 32.8 Å². The minimum Gasteiger partial charge on any atom is -0.462 e. The number of aromatic nitrogens is 2. The van der Waals surface area contributed by atoms with Crippen molar-refractivity contribution >= 4 is 5.97 Å². The molecule has 1 rings (SSSR count). The van der Waals surface area contributed by atoms with Gasteiger partial charge in [0.25, 0.3) is 0 Å². The van der Waals surface area contributed by atoms with Gasteiger partial charge in [0.2, 0.25) is 0 Å². The van der Waals surface area contributed by atoms with E-state index in [2.05, 4.69) is 28.7 Å². The van der Waals surface area contributed by atoms with E-state index in [0.29, 0.717) is 26.2 Å². The summed E-state index contributed by atoms with van der Waals surface area (Å²) in [4.78, 5) is 21.6. The summed E-state index contributed by atoms with van der Waals surface area (Å²) in [6.45, 7) is 10.3. The molecule has 0 aromatic carbocycles. The summed E-state index contributed by atoms with van der Waals surface area (Å²) in [5.41, 5.74) is 6.75. The van der Waals surface area contributed by atoms with Crippen molar-refractivity contribution in [2.24, 2.45) is 5.73 Å². The van der Waals surface area contributed by atoms with E-state index in [0.717, 1.165) is 18.8 Å². The third-order valence-electron chi connectivity index (χ3n) is 11.3. The summed E-state index contributed by atoms with van der Waals surface area (Å²) in [6.07, 6.45) is 48.8. The molecule has 0 aliphatic heterocycles. The second-order valence-electron chi connectivity index (χ2n) is 16.7. The van der Waals surface area contributed by atoms with Crippen LogP contribution in [0.3, 0.4) is 0 Å². The van der Waals surface area contributed by atoms with Crippen LogP contribution in [-0.2, 0) is 25.4 Å². The van der Waals surface area contributed by atoms with E-state index in [1.807, 2.05) is 0 Å². The SMILES string of the molecule is CCCCCCCCCCCCCCCCCCN(CCCCCCCCCCCCCCCCCC)CCOCCOCCOC(=O)C(N)Cc1cnc[nH]1. The standard InChI is InChI=1S/C48H94N4O4/c1-3-5-7-9-11-13-15-17-19-21-23-25-27-29-31-33-35-52(36-34-32-30-28-26-24-22-20-18-16-14-12-10-8-6-4-2)37-38-54-39-40-55-41-42-56-48(53)47(49)43-46-44-50-45-51-46/h44-45,47H,3-43,49H2,1-2H3,(H,50,51). The first-order chi connectivity index (χ1) is 27.7. The summed E-state index contributed by atoms with van der Waals surface area (Å²) in [6, 6.07) is -0.708. The van der Waals surface area contributed by atoms with Crippen LogP contribution in [0.15, 0.2) is 12.5 Å². The van der Waals surface area contributed by atoms with Crippen LogP contribution in [0.1, 0.15) is 225 Å². The highest BCUT2D eigenvalue weighted by atomic mass is 16.6. The van der Waals surface area contributed by atoms with Gasteiger partial charge in [-0.15, -0.1) is 0 Å². The molecule has 1 aromatic rings. The van der Waals surface area contributed by atoms with Crippen LogP contribution in [-0.4, -0.2) is 79.5 Å². The molecule has 0 spiro atoms. The number of nitrogens with one attached hydrogen (secondary N) is 1. The molecule has 330 valence electrons. The maximum absolute atomic E-state index is 12.1. The Morgan fingerprint density at radius 1 is 0.536 bits per heavy atom. The Hall–Kier alpha value is -1.48. The summed E-state index contributed by atoms with van der Waals surface area (Å²) >= 11 is 0. The lowest BCUT2D eigenvalue weighted by Crippen LogP contribution is -2.35. The number of aromatic amines is 1. The number of nitrogens with zero attached hydrogens (tertiary/aromatic N) is 2. The summed E-state index contributed by atoms with van der Waals surface area (Å²) < 4.78 is 16.8. The fourth-order valence-corrected chi connectivity index (χ4v) is 7.64. The average Bonchev–Trinajstić information content (AvgIpc) is 3.72. The third-order valence-corrected chi connectivity index (χ3v) is 11.3. The second kappa shape index (κ2) is 43.1. The minimum absolute atomic E-state index is 0.196. The quantitative estimate of drug-likeness (QED) is 0.0501. The van der Waals surface area contributed by atoms with Crippen LogP contribution in [0, 0.1) is 0 Å². The molecule has 56 heavy (non-hydrogen) atoms. The maximum atomic E-state index is 12.1. The Bertz CT molecular complexity index is 866. The lowest BCUT2D eigenvalue weighted by molar-refractivity contribution is -0.146. The smallest absolute Gasteiger partial charge is 0.323 e. The van der Waals surface area contributed by atoms with Crippen molar-refractivity contribution in [3.8, 4) is 0 Å². The molecular formula is C48H94N4O4. The van der Waals surface area contributed by atoms with Gasteiger partial charge in [-0.05, 0) is 25.9 Å². The first-order valence-corrected chi connectivity index (χ1v) is 24.4. The maximum Gasteiger partial charge on any atom is 0.323 e. The highest BCUT2D eigenvalue weighted by Gasteiger charge is 2.16. The molecule has 3 N–H and O–H groups in total. The van der Waals surface area contributed by atoms with Gasteiger partial charge >= 0.3 is 5.97 Å². The van der Waals surface area contributed by atoms with Gasteiger partial charge < -0.3 is 29.8 Å². The number of H-pyrrole nitrogens is 1. The zero-order valence-corrected chi connectivity index (χ0v) is 37.3. The van der Waals surface area contributed by atoms with E-state index in [1.165, 1.54) is 219 Å². The molecule has 0 bridgehead atoms. The highest BCUT2D eigenvalue weighted by Crippen LogP contribution is 2.16. The molecule has 0 saturated carbocycles. The van der Waals surface area contributed by atoms with Crippen molar-refractivity contribution < 1.29 is 19.0 Å². The van der Waals surface area contributed by atoms with E-state index in [4.69, 9.17) is 19.9 Å². The predicted molar refractivity (Wildman–Crippen MR) is 238 cm³/mol. The molecule has 0 aliphatic rings. The second-order valence-corrected chi connectivity index (χ2v) is 16.7. The molecule has 8 heteroatoms. The first-order valence-electron chi connectivity index (χ1n) is 24.4. The number of unbranched alkanes of at least 4 members (excludes halogenated alkanes) is 30. The van der Waals surface area contributed by atoms with Crippen molar-refractivity contribution in [2.75, 3.05) is 52.7 Å². The van der Waals surface area contributed by atoms with E-state index in [9.17, 15) is 4.79 Å². The molecule has 8 nitrogen and oxygen atoms in total. The number of hydrogen-bond donors (Lipinski definition) is 2. The largest absolute Gasteiger partial charge is 0.462 e. The van der Waals surface area contributed by atoms with Crippen molar-refractivity contribution in [3.63, 3.8) is 0 Å². The van der Waals surface area contributed by atoms with Crippen LogP contribution in [0.4, 0.5) is 0 Å². The van der Waals surface area contributed by atoms with E-state index < -0.39 is 12.0 Å². The fraction of sp³-hybridized carbons (Fsp3) is 0.917. The predicted octanol–water partition coefficient (Wildman–Crippen LogP) is 12.7. The van der Waals surface area contributed by atoms with Gasteiger partial charge in [-0.2, -0.15) is 0 Å². The van der Waals surface area contributed by atoms with Crippen molar-refractivity contribution in [2.45, 2.75) is 232 Å². The van der Waals surface area contributed by atoms with E-state index >= 15 is 0 Å². The van der Waals surface area contributed by atoms with Gasteiger partial charge in [0, 0.05) is 24.9 Å². The Kier molecular flexibility index (Phi) is 40.4. The van der Waals surface area contributed by atoms with Crippen molar-refractivity contribution in [3.05, 3.63) is 18.2 Å². The number of ether oxygens (including phenoxy) is 3. The summed E-state index contributed by atoms with van der Waals surface area (Å²) in [7, 11) is 0. The zero-order valence-electron chi connectivity index (χ0n) is 37.3. The van der Waals surface area contributed by atoms with Gasteiger partial charge in [-0.3, -0.25) is 4.79 Å². The molecule has 1 aromatic heterocycles. The Morgan fingerprint density at radius 3 is 1.27 bits per heavy atom. The first kappa shape index (κ1) is 52.5. The van der Waals surface area contributed by atoms with Crippen molar-refractivity contribution in [1.29, 1.82) is 0 Å². The Morgan fingerprint density at radius 2 is 0.893 bits per heavy atom. The van der Waals surface area contributed by atoms with Crippen LogP contribution in [0.2, 0.25) is 0 Å². The number of nitrogens with two attached hydrogens (primary N) is 1. The highest BCUT2D eigenvalue weighted by molar-refractivity contribution is 5.75. The van der Waals surface area contributed by atoms with E-state index in [-0.39, 0.29) is 6.61 Å². The van der Waals surface area contributed by atoms with Crippen LogP contribution >= 0.6 is 0 Å². The lowest BCUT2D eigenvalue weighted by atomic mass is 10.0. The monoisotopic (exact) mass is 791 g/mol. The normalized spacial score (nSPS) is 12.2. The van der Waals surface area contributed by atoms with Crippen LogP contribution in [0.25, 0.3) is 0 Å². The number of hydrogen-bond acceptors (Lipinski definition) is 7. The molecule has 0 fully saturated rings. The molecular weight excluding hydrogens is 697 g/mol. The third kappa shape index (κ3) is 36.8. The topological polar surface area (TPSA) is 103 Å². The van der Waals surface area contributed by atoms with Gasteiger partial charge in [-0.25, -0.2) is 4.98 Å². The van der Waals surface area contributed by atoms with E-state index in [1.54, 1.807) is 12.5 Å². The molecule has 0 amide bonds. The molecule has 0 saturated heterocycles. The Balaban J connectivity index is 2.12. The fourth-order valence-electron chi connectivity index (χ4n) is 7.64. The van der Waals surface area contributed by atoms with Gasteiger partial charge in [-0.1, -0.05) is 206 Å². The number of rotatable bonds is 46. The molecule has 0 radical (unpaired) electrons. The van der Waals surface area contributed by atoms with Crippen LogP contribution in [0.5, 0.6) is 0 Å². The average molecular weight is 791 g/mol. The zero-order chi connectivity index (χ0) is 40.3.